The fraction of sp³-hybridized carbons (Fsp3) is 0.429. The first-order valence-corrected chi connectivity index (χ1v) is 6.21. The molecular weight excluding hydrogens is 254 g/mol. The van der Waals surface area contributed by atoms with Gasteiger partial charge in [-0.15, -0.1) is 0 Å². The van der Waals surface area contributed by atoms with Crippen molar-refractivity contribution in [2.75, 3.05) is 23.9 Å². The molecule has 1 rings (SSSR count). The fourth-order valence-electron chi connectivity index (χ4n) is 0.756. The first-order chi connectivity index (χ1) is 6.20. The van der Waals surface area contributed by atoms with Gasteiger partial charge in [0.1, 0.15) is 12.1 Å². The summed E-state index contributed by atoms with van der Waals surface area (Å²) in [4.78, 5) is 7.84. The summed E-state index contributed by atoms with van der Waals surface area (Å²) in [5.41, 5.74) is 0. The third-order valence-electron chi connectivity index (χ3n) is 1.35. The molecule has 0 aliphatic rings. The largest absolute Gasteiger partial charge is 0.368 e. The van der Waals surface area contributed by atoms with Crippen molar-refractivity contribution in [2.24, 2.45) is 0 Å². The minimum absolute atomic E-state index is 0.621. The molecule has 0 saturated heterocycles. The van der Waals surface area contributed by atoms with Crippen LogP contribution in [0.25, 0.3) is 0 Å². The fourth-order valence-corrected chi connectivity index (χ4v) is 1.51. The van der Waals surface area contributed by atoms with Crippen molar-refractivity contribution in [1.29, 1.82) is 0 Å². The molecule has 1 atom stereocenters. The number of anilines is 1. The third-order valence-corrected chi connectivity index (χ3v) is 2.71. The first-order valence-electron chi connectivity index (χ1n) is 3.69. The number of hydrogen-bond donors (Lipinski definition) is 1. The predicted octanol–water partition coefficient (Wildman–Crippen LogP) is 1.03. The van der Waals surface area contributed by atoms with Crippen LogP contribution in [0.1, 0.15) is 0 Å². The molecule has 1 heterocycles. The molecule has 1 unspecified atom stereocenters. The summed E-state index contributed by atoms with van der Waals surface area (Å²) in [6, 6.07) is 0. The standard InChI is InChI=1S/C7H10BrN3OS/c1-13(12)3-2-10-7-6(8)4-9-5-11-7/h4-5H,2-3H2,1H3,(H,9,10,11). The van der Waals surface area contributed by atoms with Crippen molar-refractivity contribution < 1.29 is 4.21 Å². The Morgan fingerprint density at radius 1 is 1.69 bits per heavy atom. The van der Waals surface area contributed by atoms with Gasteiger partial charge >= 0.3 is 0 Å². The Kier molecular flexibility index (Phi) is 4.31. The lowest BCUT2D eigenvalue weighted by Gasteiger charge is -2.04. The van der Waals surface area contributed by atoms with Crippen LogP contribution in [0.15, 0.2) is 17.0 Å². The van der Waals surface area contributed by atoms with E-state index in [1.54, 1.807) is 12.5 Å². The Balaban J connectivity index is 2.45. The summed E-state index contributed by atoms with van der Waals surface area (Å²) in [5, 5.41) is 3.05. The number of hydrogen-bond acceptors (Lipinski definition) is 4. The molecule has 6 heteroatoms. The molecule has 0 aliphatic heterocycles. The van der Waals surface area contributed by atoms with E-state index in [0.29, 0.717) is 12.3 Å². The molecule has 0 amide bonds. The molecule has 0 spiro atoms. The number of halogens is 1. The van der Waals surface area contributed by atoms with E-state index in [2.05, 4.69) is 31.2 Å². The highest BCUT2D eigenvalue weighted by Crippen LogP contribution is 2.16. The van der Waals surface area contributed by atoms with E-state index < -0.39 is 10.8 Å². The Labute approximate surface area is 87.8 Å². The van der Waals surface area contributed by atoms with E-state index >= 15 is 0 Å². The quantitative estimate of drug-likeness (QED) is 0.882. The van der Waals surface area contributed by atoms with Gasteiger partial charge in [-0.25, -0.2) is 9.97 Å². The Bertz CT molecular complexity index is 308. The molecule has 72 valence electrons. The molecule has 0 fully saturated rings. The number of aromatic nitrogens is 2. The van der Waals surface area contributed by atoms with Crippen LogP contribution >= 0.6 is 15.9 Å². The van der Waals surface area contributed by atoms with E-state index in [1.807, 2.05) is 0 Å². The Morgan fingerprint density at radius 2 is 2.46 bits per heavy atom. The minimum Gasteiger partial charge on any atom is -0.368 e. The summed E-state index contributed by atoms with van der Waals surface area (Å²) in [6.45, 7) is 0.652. The van der Waals surface area contributed by atoms with Crippen molar-refractivity contribution in [1.82, 2.24) is 9.97 Å². The third kappa shape index (κ3) is 3.82. The summed E-state index contributed by atoms with van der Waals surface area (Å²) >= 11 is 3.30. The summed E-state index contributed by atoms with van der Waals surface area (Å²) in [6.07, 6.45) is 4.81. The number of rotatable bonds is 4. The van der Waals surface area contributed by atoms with Gasteiger partial charge in [0.05, 0.1) is 4.47 Å². The van der Waals surface area contributed by atoms with Gasteiger partial charge in [0.25, 0.3) is 0 Å². The second kappa shape index (κ2) is 5.29. The normalized spacial score (nSPS) is 12.5. The molecule has 0 bridgehead atoms. The molecule has 4 nitrogen and oxygen atoms in total. The van der Waals surface area contributed by atoms with Crippen LogP contribution in [-0.4, -0.2) is 32.7 Å². The lowest BCUT2D eigenvalue weighted by atomic mass is 10.5. The maximum absolute atomic E-state index is 10.7. The zero-order valence-electron chi connectivity index (χ0n) is 7.16. The first kappa shape index (κ1) is 10.6. The second-order valence-electron chi connectivity index (χ2n) is 2.42. The van der Waals surface area contributed by atoms with Gasteiger partial charge in [-0.2, -0.15) is 0 Å². The monoisotopic (exact) mass is 263 g/mol. The summed E-state index contributed by atoms with van der Waals surface area (Å²) < 4.78 is 11.6. The van der Waals surface area contributed by atoms with E-state index in [0.717, 1.165) is 10.3 Å². The van der Waals surface area contributed by atoms with Gasteiger partial charge in [-0.1, -0.05) is 0 Å². The van der Waals surface area contributed by atoms with Gasteiger partial charge < -0.3 is 5.32 Å². The second-order valence-corrected chi connectivity index (χ2v) is 4.83. The maximum atomic E-state index is 10.7. The molecule has 0 aromatic carbocycles. The number of nitrogens with zero attached hydrogens (tertiary/aromatic N) is 2. The summed E-state index contributed by atoms with van der Waals surface area (Å²) in [7, 11) is -0.767. The molecule has 1 N–H and O–H groups in total. The SMILES string of the molecule is CS(=O)CCNc1ncncc1Br. The summed E-state index contributed by atoms with van der Waals surface area (Å²) in [5.74, 6) is 1.36. The molecule has 1 aromatic heterocycles. The highest BCUT2D eigenvalue weighted by Gasteiger charge is 1.99. The molecular formula is C7H10BrN3OS. The zero-order chi connectivity index (χ0) is 9.68. The predicted molar refractivity (Wildman–Crippen MR) is 57.2 cm³/mol. The average molecular weight is 264 g/mol. The van der Waals surface area contributed by atoms with E-state index in [4.69, 9.17) is 0 Å². The van der Waals surface area contributed by atoms with Crippen LogP contribution in [0.2, 0.25) is 0 Å². The van der Waals surface area contributed by atoms with Gasteiger partial charge in [0, 0.05) is 35.5 Å². The van der Waals surface area contributed by atoms with E-state index in [9.17, 15) is 4.21 Å². The van der Waals surface area contributed by atoms with Crippen LogP contribution in [0, 0.1) is 0 Å². The highest BCUT2D eigenvalue weighted by atomic mass is 79.9. The molecule has 0 radical (unpaired) electrons. The van der Waals surface area contributed by atoms with E-state index in [1.165, 1.54) is 6.33 Å². The van der Waals surface area contributed by atoms with Crippen molar-refractivity contribution in [3.8, 4) is 0 Å². The molecule has 0 saturated carbocycles. The van der Waals surface area contributed by atoms with Crippen LogP contribution < -0.4 is 5.32 Å². The van der Waals surface area contributed by atoms with Crippen LogP contribution in [0.5, 0.6) is 0 Å². The van der Waals surface area contributed by atoms with Gasteiger partial charge in [-0.05, 0) is 15.9 Å². The minimum atomic E-state index is -0.767. The number of nitrogens with one attached hydrogen (secondary N) is 1. The lowest BCUT2D eigenvalue weighted by Crippen LogP contribution is -2.11. The lowest BCUT2D eigenvalue weighted by molar-refractivity contribution is 0.687. The topological polar surface area (TPSA) is 54.9 Å². The average Bonchev–Trinajstić information content (AvgIpc) is 2.08. The smallest absolute Gasteiger partial charge is 0.143 e. The van der Waals surface area contributed by atoms with Gasteiger partial charge in [0.2, 0.25) is 0 Å². The molecule has 13 heavy (non-hydrogen) atoms. The maximum Gasteiger partial charge on any atom is 0.143 e. The van der Waals surface area contributed by atoms with Gasteiger partial charge in [-0.3, -0.25) is 4.21 Å². The van der Waals surface area contributed by atoms with Gasteiger partial charge in [0.15, 0.2) is 0 Å². The Hall–Kier alpha value is -0.490. The molecule has 0 aliphatic carbocycles. The van der Waals surface area contributed by atoms with Crippen LogP contribution in [0.3, 0.4) is 0 Å². The zero-order valence-corrected chi connectivity index (χ0v) is 9.56. The van der Waals surface area contributed by atoms with E-state index in [-0.39, 0.29) is 0 Å². The van der Waals surface area contributed by atoms with Crippen LogP contribution in [-0.2, 0) is 10.8 Å². The van der Waals surface area contributed by atoms with Crippen molar-refractivity contribution in [2.45, 2.75) is 0 Å². The molecule has 1 aromatic rings. The highest BCUT2D eigenvalue weighted by molar-refractivity contribution is 9.10. The van der Waals surface area contributed by atoms with Crippen molar-refractivity contribution >= 4 is 32.5 Å². The Morgan fingerprint density at radius 3 is 3.08 bits per heavy atom. The van der Waals surface area contributed by atoms with Crippen molar-refractivity contribution in [3.05, 3.63) is 17.0 Å². The van der Waals surface area contributed by atoms with Crippen molar-refractivity contribution in [3.63, 3.8) is 0 Å². The van der Waals surface area contributed by atoms with Crippen LogP contribution in [0.4, 0.5) is 5.82 Å².